The summed E-state index contributed by atoms with van der Waals surface area (Å²) in [5.41, 5.74) is 0.999. The topological polar surface area (TPSA) is 21.3 Å². The first-order valence-corrected chi connectivity index (χ1v) is 8.94. The monoisotopic (exact) mass is 305 g/mol. The molecule has 0 radical (unpaired) electrons. The molecule has 0 saturated heterocycles. The highest BCUT2D eigenvalue weighted by molar-refractivity contribution is 5.39. The van der Waals surface area contributed by atoms with Crippen LogP contribution in [0, 0.1) is 5.82 Å². The summed E-state index contributed by atoms with van der Waals surface area (Å²) in [4.78, 5) is 0. The van der Waals surface area contributed by atoms with Gasteiger partial charge in [0.15, 0.2) is 0 Å². The molecule has 1 unspecified atom stereocenters. The van der Waals surface area contributed by atoms with Crippen LogP contribution in [-0.2, 0) is 0 Å². The minimum Gasteiger partial charge on any atom is -0.487 e. The average molecular weight is 305 g/mol. The van der Waals surface area contributed by atoms with Gasteiger partial charge in [0.2, 0.25) is 0 Å². The molecule has 3 rings (SSSR count). The van der Waals surface area contributed by atoms with Gasteiger partial charge in [-0.15, -0.1) is 0 Å². The van der Waals surface area contributed by atoms with Crippen LogP contribution < -0.4 is 10.1 Å². The van der Waals surface area contributed by atoms with Gasteiger partial charge in [-0.1, -0.05) is 26.2 Å². The third-order valence-corrected chi connectivity index (χ3v) is 5.19. The number of hydrogen-bond acceptors (Lipinski definition) is 2. The smallest absolute Gasteiger partial charge is 0.125 e. The molecule has 1 aliphatic heterocycles. The number of rotatable bonds is 6. The third-order valence-electron chi connectivity index (χ3n) is 5.19. The lowest BCUT2D eigenvalue weighted by Crippen LogP contribution is -2.42. The number of benzene rings is 1. The molecule has 1 spiro atoms. The summed E-state index contributed by atoms with van der Waals surface area (Å²) in [6, 6.07) is 5.22. The van der Waals surface area contributed by atoms with Crippen LogP contribution >= 0.6 is 0 Å². The summed E-state index contributed by atoms with van der Waals surface area (Å²) in [7, 11) is 0. The summed E-state index contributed by atoms with van der Waals surface area (Å²) in [5, 5.41) is 3.67. The summed E-state index contributed by atoms with van der Waals surface area (Å²) < 4.78 is 19.9. The van der Waals surface area contributed by atoms with Crippen molar-refractivity contribution in [3.8, 4) is 5.75 Å². The van der Waals surface area contributed by atoms with E-state index in [-0.39, 0.29) is 17.5 Å². The molecule has 0 aromatic heterocycles. The Bertz CT molecular complexity index is 496. The predicted octanol–water partition coefficient (Wildman–Crippen LogP) is 5.13. The molecule has 3 heteroatoms. The van der Waals surface area contributed by atoms with E-state index in [1.54, 1.807) is 6.07 Å². The van der Waals surface area contributed by atoms with Gasteiger partial charge in [-0.25, -0.2) is 4.39 Å². The zero-order valence-corrected chi connectivity index (χ0v) is 13.7. The van der Waals surface area contributed by atoms with Crippen molar-refractivity contribution in [3.05, 3.63) is 29.6 Å². The fraction of sp³-hybridized carbons (Fsp3) is 0.684. The Labute approximate surface area is 133 Å². The molecule has 122 valence electrons. The van der Waals surface area contributed by atoms with Gasteiger partial charge in [-0.3, -0.25) is 0 Å². The largest absolute Gasteiger partial charge is 0.487 e. The van der Waals surface area contributed by atoms with Crippen LogP contribution in [-0.4, -0.2) is 12.1 Å². The minimum absolute atomic E-state index is 0.00802. The molecule has 1 aromatic carbocycles. The fourth-order valence-electron chi connectivity index (χ4n) is 3.98. The maximum atomic E-state index is 13.6. The molecule has 22 heavy (non-hydrogen) atoms. The van der Waals surface area contributed by atoms with Crippen LogP contribution in [0.2, 0.25) is 0 Å². The molecule has 1 aliphatic carbocycles. The summed E-state index contributed by atoms with van der Waals surface area (Å²) >= 11 is 0. The number of halogens is 1. The quantitative estimate of drug-likeness (QED) is 0.735. The maximum absolute atomic E-state index is 13.6. The molecular formula is C19H28FNO. The third kappa shape index (κ3) is 3.45. The maximum Gasteiger partial charge on any atom is 0.125 e. The van der Waals surface area contributed by atoms with E-state index in [9.17, 15) is 4.39 Å². The van der Waals surface area contributed by atoms with Crippen LogP contribution in [0.5, 0.6) is 5.75 Å². The van der Waals surface area contributed by atoms with Crippen molar-refractivity contribution in [2.45, 2.75) is 76.4 Å². The molecule has 1 heterocycles. The van der Waals surface area contributed by atoms with Gasteiger partial charge in [0.25, 0.3) is 0 Å². The first kappa shape index (κ1) is 15.8. The van der Waals surface area contributed by atoms with E-state index < -0.39 is 0 Å². The molecule has 1 N–H and O–H groups in total. The van der Waals surface area contributed by atoms with Crippen LogP contribution in [0.1, 0.15) is 76.3 Å². The van der Waals surface area contributed by atoms with Crippen molar-refractivity contribution in [1.29, 1.82) is 0 Å². The Hall–Kier alpha value is -1.09. The van der Waals surface area contributed by atoms with Crippen molar-refractivity contribution >= 4 is 0 Å². The van der Waals surface area contributed by atoms with Gasteiger partial charge in [-0.2, -0.15) is 0 Å². The number of fused-ring (bicyclic) bond motifs is 1. The van der Waals surface area contributed by atoms with Crippen LogP contribution in [0.4, 0.5) is 4.39 Å². The van der Waals surface area contributed by atoms with E-state index in [0.717, 1.165) is 37.1 Å². The zero-order valence-electron chi connectivity index (χ0n) is 13.7. The summed E-state index contributed by atoms with van der Waals surface area (Å²) in [6.45, 7) is 3.24. The van der Waals surface area contributed by atoms with Gasteiger partial charge in [0.05, 0.1) is 0 Å². The van der Waals surface area contributed by atoms with E-state index in [1.165, 1.54) is 44.6 Å². The van der Waals surface area contributed by atoms with Gasteiger partial charge in [0.1, 0.15) is 17.2 Å². The lowest BCUT2D eigenvalue weighted by Gasteiger charge is -2.40. The van der Waals surface area contributed by atoms with E-state index in [1.807, 2.05) is 6.07 Å². The van der Waals surface area contributed by atoms with Gasteiger partial charge in [0, 0.05) is 18.0 Å². The van der Waals surface area contributed by atoms with Gasteiger partial charge >= 0.3 is 0 Å². The summed E-state index contributed by atoms with van der Waals surface area (Å²) in [5.74, 6) is 0.725. The normalized spacial score (nSPS) is 22.5. The molecule has 1 fully saturated rings. The molecule has 2 nitrogen and oxygen atoms in total. The first-order chi connectivity index (χ1) is 10.7. The van der Waals surface area contributed by atoms with Crippen LogP contribution in [0.15, 0.2) is 18.2 Å². The minimum atomic E-state index is -0.164. The Kier molecular flexibility index (Phi) is 5.02. The molecule has 0 bridgehead atoms. The fourth-order valence-corrected chi connectivity index (χ4v) is 3.98. The highest BCUT2D eigenvalue weighted by Crippen LogP contribution is 2.47. The molecule has 2 aliphatic rings. The second-order valence-corrected chi connectivity index (χ2v) is 6.95. The standard InChI is InChI=1S/C19H28FNO/c1-2-3-4-7-12-21-17-14-19(10-5-6-11-19)22-18-9-8-15(20)13-16(17)18/h8-9,13,17,21H,2-7,10-12,14H2,1H3. The lowest BCUT2D eigenvalue weighted by atomic mass is 9.86. The van der Waals surface area contributed by atoms with E-state index >= 15 is 0 Å². The Morgan fingerprint density at radius 1 is 1.23 bits per heavy atom. The summed E-state index contributed by atoms with van der Waals surface area (Å²) in [6.07, 6.45) is 10.8. The highest BCUT2D eigenvalue weighted by atomic mass is 19.1. The number of unbranched alkanes of at least 4 members (excludes halogenated alkanes) is 3. The van der Waals surface area contributed by atoms with Crippen molar-refractivity contribution < 1.29 is 9.13 Å². The zero-order chi connectivity index (χ0) is 15.4. The molecule has 0 amide bonds. The average Bonchev–Trinajstić information content (AvgIpc) is 2.95. The van der Waals surface area contributed by atoms with Crippen molar-refractivity contribution in [3.63, 3.8) is 0 Å². The van der Waals surface area contributed by atoms with E-state index in [0.29, 0.717) is 0 Å². The molecule has 1 atom stereocenters. The predicted molar refractivity (Wildman–Crippen MR) is 87.7 cm³/mol. The van der Waals surface area contributed by atoms with E-state index in [2.05, 4.69) is 12.2 Å². The SMILES string of the molecule is CCCCCCNC1CC2(CCCC2)Oc2ccc(F)cc21. The lowest BCUT2D eigenvalue weighted by molar-refractivity contribution is 0.0365. The Morgan fingerprint density at radius 2 is 2.05 bits per heavy atom. The number of hydrogen-bond donors (Lipinski definition) is 1. The van der Waals surface area contributed by atoms with Crippen molar-refractivity contribution in [2.75, 3.05) is 6.54 Å². The molecule has 1 saturated carbocycles. The Morgan fingerprint density at radius 3 is 2.82 bits per heavy atom. The number of nitrogens with one attached hydrogen (secondary N) is 1. The van der Waals surface area contributed by atoms with Crippen LogP contribution in [0.3, 0.4) is 0 Å². The Balaban J connectivity index is 1.71. The second kappa shape index (κ2) is 6.99. The molecule has 1 aromatic rings. The van der Waals surface area contributed by atoms with Crippen LogP contribution in [0.25, 0.3) is 0 Å². The van der Waals surface area contributed by atoms with Gasteiger partial charge < -0.3 is 10.1 Å². The molecular weight excluding hydrogens is 277 g/mol. The van der Waals surface area contributed by atoms with Crippen molar-refractivity contribution in [1.82, 2.24) is 5.32 Å². The van der Waals surface area contributed by atoms with E-state index in [4.69, 9.17) is 4.74 Å². The van der Waals surface area contributed by atoms with Gasteiger partial charge in [-0.05, 0) is 56.8 Å². The number of ether oxygens (including phenoxy) is 1. The first-order valence-electron chi connectivity index (χ1n) is 8.94. The van der Waals surface area contributed by atoms with Crippen molar-refractivity contribution in [2.24, 2.45) is 0 Å². The highest BCUT2D eigenvalue weighted by Gasteiger charge is 2.42. The second-order valence-electron chi connectivity index (χ2n) is 6.95.